The van der Waals surface area contributed by atoms with Crippen LogP contribution in [0.5, 0.6) is 5.75 Å². The van der Waals surface area contributed by atoms with E-state index >= 15 is 0 Å². The molecule has 0 unspecified atom stereocenters. The first kappa shape index (κ1) is 19.1. The third-order valence-corrected chi connectivity index (χ3v) is 3.82. The molecule has 0 saturated carbocycles. The van der Waals surface area contributed by atoms with Gasteiger partial charge < -0.3 is 14.9 Å². The van der Waals surface area contributed by atoms with E-state index in [-0.39, 0.29) is 19.0 Å². The fraction of sp³-hybridized carbons (Fsp3) is 0.350. The summed E-state index contributed by atoms with van der Waals surface area (Å²) in [6, 6.07) is 16.8. The van der Waals surface area contributed by atoms with Gasteiger partial charge in [-0.3, -0.25) is 9.69 Å². The highest BCUT2D eigenvalue weighted by molar-refractivity contribution is 5.94. The summed E-state index contributed by atoms with van der Waals surface area (Å²) in [5, 5.41) is 19.5. The monoisotopic (exact) mass is 343 g/mol. The molecule has 0 aliphatic heterocycles. The summed E-state index contributed by atoms with van der Waals surface area (Å²) in [7, 11) is 0. The Labute approximate surface area is 148 Å². The molecule has 2 rings (SSSR count). The van der Waals surface area contributed by atoms with Crippen LogP contribution in [0.25, 0.3) is 0 Å². The quantitative estimate of drug-likeness (QED) is 0.647. The van der Waals surface area contributed by atoms with E-state index in [0.29, 0.717) is 30.9 Å². The van der Waals surface area contributed by atoms with Gasteiger partial charge in [-0.25, -0.2) is 0 Å². The summed E-state index contributed by atoms with van der Waals surface area (Å²) >= 11 is 0. The Kier molecular flexibility index (Phi) is 7.60. The van der Waals surface area contributed by atoms with Crippen molar-refractivity contribution in [1.82, 2.24) is 4.90 Å². The predicted molar refractivity (Wildman–Crippen MR) is 96.8 cm³/mol. The maximum absolute atomic E-state index is 11.4. The van der Waals surface area contributed by atoms with Gasteiger partial charge in [0.15, 0.2) is 5.78 Å². The zero-order valence-electron chi connectivity index (χ0n) is 14.5. The lowest BCUT2D eigenvalue weighted by molar-refractivity contribution is 0.0590. The molecule has 0 amide bonds. The molecule has 2 aromatic rings. The Morgan fingerprint density at radius 3 is 2.60 bits per heavy atom. The SMILES string of the molecule is CC(=O)c1cccc(OC[C@H](O)CN(CCO)Cc2ccccc2)c1. The van der Waals surface area contributed by atoms with Crippen LogP contribution in [0.2, 0.25) is 0 Å². The first-order valence-corrected chi connectivity index (χ1v) is 8.37. The van der Waals surface area contributed by atoms with E-state index in [9.17, 15) is 15.0 Å². The highest BCUT2D eigenvalue weighted by Crippen LogP contribution is 2.14. The minimum atomic E-state index is -0.698. The maximum atomic E-state index is 11.4. The molecular weight excluding hydrogens is 318 g/mol. The summed E-state index contributed by atoms with van der Waals surface area (Å²) in [6.07, 6.45) is -0.698. The van der Waals surface area contributed by atoms with Crippen molar-refractivity contribution in [2.45, 2.75) is 19.6 Å². The number of carbonyl (C=O) groups is 1. The lowest BCUT2D eigenvalue weighted by atomic mass is 10.1. The average molecular weight is 343 g/mol. The van der Waals surface area contributed by atoms with Gasteiger partial charge in [0.25, 0.3) is 0 Å². The van der Waals surface area contributed by atoms with Crippen molar-refractivity contribution in [2.75, 3.05) is 26.3 Å². The van der Waals surface area contributed by atoms with Crippen LogP contribution in [-0.2, 0) is 6.54 Å². The van der Waals surface area contributed by atoms with Crippen LogP contribution in [0.4, 0.5) is 0 Å². The van der Waals surface area contributed by atoms with Gasteiger partial charge in [0.1, 0.15) is 18.5 Å². The Morgan fingerprint density at radius 2 is 1.92 bits per heavy atom. The van der Waals surface area contributed by atoms with Crippen molar-refractivity contribution in [3.63, 3.8) is 0 Å². The molecule has 5 heteroatoms. The highest BCUT2D eigenvalue weighted by atomic mass is 16.5. The summed E-state index contributed by atoms with van der Waals surface area (Å²) in [5.41, 5.74) is 1.70. The molecule has 0 aliphatic carbocycles. The van der Waals surface area contributed by atoms with E-state index in [1.165, 1.54) is 6.92 Å². The Morgan fingerprint density at radius 1 is 1.16 bits per heavy atom. The molecule has 0 aliphatic rings. The summed E-state index contributed by atoms with van der Waals surface area (Å²) < 4.78 is 5.60. The topological polar surface area (TPSA) is 70.0 Å². The molecule has 0 spiro atoms. The predicted octanol–water partition coefficient (Wildman–Crippen LogP) is 2.12. The molecular formula is C20H25NO4. The minimum Gasteiger partial charge on any atom is -0.491 e. The second kappa shape index (κ2) is 9.93. The van der Waals surface area contributed by atoms with Crippen molar-refractivity contribution in [2.24, 2.45) is 0 Å². The third kappa shape index (κ3) is 6.66. The normalized spacial score (nSPS) is 12.2. The van der Waals surface area contributed by atoms with E-state index < -0.39 is 6.10 Å². The molecule has 2 N–H and O–H groups in total. The number of ether oxygens (including phenoxy) is 1. The van der Waals surface area contributed by atoms with Crippen molar-refractivity contribution in [1.29, 1.82) is 0 Å². The van der Waals surface area contributed by atoms with Crippen LogP contribution in [-0.4, -0.2) is 53.3 Å². The van der Waals surface area contributed by atoms with E-state index in [0.717, 1.165) is 5.56 Å². The zero-order chi connectivity index (χ0) is 18.1. The Hall–Kier alpha value is -2.21. The van der Waals surface area contributed by atoms with Gasteiger partial charge in [0.2, 0.25) is 0 Å². The minimum absolute atomic E-state index is 0.0250. The number of aliphatic hydroxyl groups excluding tert-OH is 2. The standard InChI is InChI=1S/C20H25NO4/c1-16(23)18-8-5-9-20(12-18)25-15-19(24)14-21(10-11-22)13-17-6-3-2-4-7-17/h2-9,12,19,22,24H,10-11,13-15H2,1H3/t19-/m1/s1. The molecule has 134 valence electrons. The zero-order valence-corrected chi connectivity index (χ0v) is 14.5. The van der Waals surface area contributed by atoms with E-state index in [2.05, 4.69) is 0 Å². The number of aliphatic hydroxyl groups is 2. The largest absolute Gasteiger partial charge is 0.491 e. The molecule has 0 radical (unpaired) electrons. The van der Waals surface area contributed by atoms with Crippen molar-refractivity contribution >= 4 is 5.78 Å². The molecule has 0 heterocycles. The van der Waals surface area contributed by atoms with E-state index in [1.54, 1.807) is 24.3 Å². The number of rotatable bonds is 10. The third-order valence-electron chi connectivity index (χ3n) is 3.82. The summed E-state index contributed by atoms with van der Waals surface area (Å²) in [6.45, 7) is 3.18. The molecule has 0 fully saturated rings. The number of Topliss-reactive ketones (excluding diaryl/α,β-unsaturated/α-hetero) is 1. The van der Waals surface area contributed by atoms with Gasteiger partial charge in [-0.2, -0.15) is 0 Å². The number of ketones is 1. The first-order chi connectivity index (χ1) is 12.1. The van der Waals surface area contributed by atoms with Crippen LogP contribution in [0.1, 0.15) is 22.8 Å². The maximum Gasteiger partial charge on any atom is 0.159 e. The molecule has 2 aromatic carbocycles. The molecule has 25 heavy (non-hydrogen) atoms. The highest BCUT2D eigenvalue weighted by Gasteiger charge is 2.13. The van der Waals surface area contributed by atoms with Gasteiger partial charge in [0, 0.05) is 25.2 Å². The first-order valence-electron chi connectivity index (χ1n) is 8.37. The second-order valence-corrected chi connectivity index (χ2v) is 5.99. The van der Waals surface area contributed by atoms with Gasteiger partial charge in [-0.05, 0) is 24.6 Å². The van der Waals surface area contributed by atoms with Gasteiger partial charge in [-0.1, -0.05) is 42.5 Å². The van der Waals surface area contributed by atoms with Crippen LogP contribution >= 0.6 is 0 Å². The number of benzene rings is 2. The van der Waals surface area contributed by atoms with E-state index in [1.807, 2.05) is 35.2 Å². The van der Waals surface area contributed by atoms with Crippen LogP contribution in [0, 0.1) is 0 Å². The van der Waals surface area contributed by atoms with Gasteiger partial charge in [0.05, 0.1) is 6.61 Å². The second-order valence-electron chi connectivity index (χ2n) is 5.99. The summed E-state index contributed by atoms with van der Waals surface area (Å²) in [5.74, 6) is 0.534. The molecule has 0 saturated heterocycles. The van der Waals surface area contributed by atoms with Crippen molar-refractivity contribution in [3.8, 4) is 5.75 Å². The molecule has 0 aromatic heterocycles. The lowest BCUT2D eigenvalue weighted by Gasteiger charge is -2.24. The average Bonchev–Trinajstić information content (AvgIpc) is 2.61. The van der Waals surface area contributed by atoms with Crippen LogP contribution in [0.3, 0.4) is 0 Å². The van der Waals surface area contributed by atoms with Crippen molar-refractivity contribution in [3.05, 3.63) is 65.7 Å². The van der Waals surface area contributed by atoms with Crippen molar-refractivity contribution < 1.29 is 19.7 Å². The lowest BCUT2D eigenvalue weighted by Crippen LogP contribution is -2.37. The fourth-order valence-corrected chi connectivity index (χ4v) is 2.57. The number of hydrogen-bond acceptors (Lipinski definition) is 5. The van der Waals surface area contributed by atoms with Crippen LogP contribution in [0.15, 0.2) is 54.6 Å². The molecule has 1 atom stereocenters. The molecule has 5 nitrogen and oxygen atoms in total. The Balaban J connectivity index is 1.87. The molecule has 0 bridgehead atoms. The smallest absolute Gasteiger partial charge is 0.159 e. The number of carbonyl (C=O) groups excluding carboxylic acids is 1. The van der Waals surface area contributed by atoms with Gasteiger partial charge >= 0.3 is 0 Å². The van der Waals surface area contributed by atoms with Gasteiger partial charge in [-0.15, -0.1) is 0 Å². The number of nitrogens with zero attached hydrogens (tertiary/aromatic N) is 1. The van der Waals surface area contributed by atoms with Crippen LogP contribution < -0.4 is 4.74 Å². The Bertz CT molecular complexity index is 660. The number of hydrogen-bond donors (Lipinski definition) is 2. The van der Waals surface area contributed by atoms with E-state index in [4.69, 9.17) is 4.74 Å². The fourth-order valence-electron chi connectivity index (χ4n) is 2.57. The summed E-state index contributed by atoms with van der Waals surface area (Å²) in [4.78, 5) is 13.4.